The average molecular weight is 324 g/mol. The number of nitrogens with zero attached hydrogens (tertiary/aromatic N) is 3. The maximum absolute atomic E-state index is 12.3. The summed E-state index contributed by atoms with van der Waals surface area (Å²) < 4.78 is 0. The first-order chi connectivity index (χ1) is 11.1. The zero-order valence-electron chi connectivity index (χ0n) is 14.7. The lowest BCUT2D eigenvalue weighted by Crippen LogP contribution is -2.51. The van der Waals surface area contributed by atoms with Crippen molar-refractivity contribution in [2.24, 2.45) is 0 Å². The van der Waals surface area contributed by atoms with Crippen LogP contribution in [0.15, 0.2) is 0 Å². The van der Waals surface area contributed by atoms with E-state index >= 15 is 0 Å². The first-order valence-corrected chi connectivity index (χ1v) is 9.05. The highest BCUT2D eigenvalue weighted by Crippen LogP contribution is 2.14. The second-order valence-corrected chi connectivity index (χ2v) is 6.98. The molecule has 132 valence electrons. The molecule has 3 amide bonds. The summed E-state index contributed by atoms with van der Waals surface area (Å²) in [6, 6.07) is 0.411. The van der Waals surface area contributed by atoms with E-state index in [2.05, 4.69) is 24.3 Å². The van der Waals surface area contributed by atoms with Gasteiger partial charge in [0.05, 0.1) is 0 Å². The fraction of sp³-hybridized carbons (Fsp3) is 0.882. The monoisotopic (exact) mass is 324 g/mol. The Kier molecular flexibility index (Phi) is 7.15. The molecule has 0 saturated carbocycles. The van der Waals surface area contributed by atoms with E-state index in [9.17, 15) is 9.59 Å². The highest BCUT2D eigenvalue weighted by atomic mass is 16.2. The summed E-state index contributed by atoms with van der Waals surface area (Å²) in [6.45, 7) is 3.79. The summed E-state index contributed by atoms with van der Waals surface area (Å²) >= 11 is 0. The van der Waals surface area contributed by atoms with Crippen LogP contribution in [0.4, 0.5) is 4.79 Å². The van der Waals surface area contributed by atoms with E-state index in [0.717, 1.165) is 51.9 Å². The second kappa shape index (κ2) is 9.11. The number of amides is 3. The number of hydrogen-bond acceptors (Lipinski definition) is 3. The van der Waals surface area contributed by atoms with Crippen LogP contribution in [0, 0.1) is 0 Å². The van der Waals surface area contributed by atoms with Crippen LogP contribution in [0.25, 0.3) is 0 Å². The number of urea groups is 1. The summed E-state index contributed by atoms with van der Waals surface area (Å²) in [5.74, 6) is 0.178. The van der Waals surface area contributed by atoms with E-state index < -0.39 is 0 Å². The number of nitrogens with one attached hydrogen (secondary N) is 1. The Morgan fingerprint density at radius 3 is 2.30 bits per heavy atom. The van der Waals surface area contributed by atoms with Gasteiger partial charge in [-0.15, -0.1) is 0 Å². The van der Waals surface area contributed by atoms with Gasteiger partial charge in [0, 0.05) is 45.2 Å². The molecule has 0 radical (unpaired) electrons. The molecule has 0 aromatic heterocycles. The van der Waals surface area contributed by atoms with Crippen molar-refractivity contribution in [2.75, 3.05) is 46.8 Å². The third kappa shape index (κ3) is 5.68. The Morgan fingerprint density at radius 2 is 1.65 bits per heavy atom. The molecule has 2 aliphatic heterocycles. The smallest absolute Gasteiger partial charge is 0.317 e. The molecule has 0 aromatic rings. The van der Waals surface area contributed by atoms with Gasteiger partial charge >= 0.3 is 6.03 Å². The Hall–Kier alpha value is -1.30. The molecule has 0 bridgehead atoms. The van der Waals surface area contributed by atoms with Gasteiger partial charge in [-0.3, -0.25) is 4.79 Å². The molecule has 1 N–H and O–H groups in total. The molecule has 23 heavy (non-hydrogen) atoms. The molecular formula is C17H32N4O2. The van der Waals surface area contributed by atoms with Crippen molar-refractivity contribution in [3.8, 4) is 0 Å². The van der Waals surface area contributed by atoms with Crippen molar-refractivity contribution in [1.29, 1.82) is 0 Å². The lowest BCUT2D eigenvalue weighted by molar-refractivity contribution is -0.131. The van der Waals surface area contributed by atoms with Gasteiger partial charge in [0.15, 0.2) is 0 Å². The highest BCUT2D eigenvalue weighted by Gasteiger charge is 2.24. The predicted molar refractivity (Wildman–Crippen MR) is 91.3 cm³/mol. The van der Waals surface area contributed by atoms with Crippen molar-refractivity contribution >= 4 is 11.9 Å². The quantitative estimate of drug-likeness (QED) is 0.853. The van der Waals surface area contributed by atoms with Gasteiger partial charge < -0.3 is 20.0 Å². The number of hydrogen-bond donors (Lipinski definition) is 1. The van der Waals surface area contributed by atoms with Crippen molar-refractivity contribution in [1.82, 2.24) is 20.0 Å². The summed E-state index contributed by atoms with van der Waals surface area (Å²) in [5.41, 5.74) is 0. The summed E-state index contributed by atoms with van der Waals surface area (Å²) in [4.78, 5) is 30.5. The van der Waals surface area contributed by atoms with Crippen LogP contribution in [0.3, 0.4) is 0 Å². The van der Waals surface area contributed by atoms with Crippen LogP contribution in [0.2, 0.25) is 0 Å². The SMILES string of the molecule is CN(C)[C@@H]1CCCN(C(=O)NCCC(=O)N2CCCCCC2)C1. The normalized spacial score (nSPS) is 22.8. The lowest BCUT2D eigenvalue weighted by atomic mass is 10.1. The van der Waals surface area contributed by atoms with Crippen LogP contribution >= 0.6 is 0 Å². The van der Waals surface area contributed by atoms with E-state index in [1.54, 1.807) is 0 Å². The Bertz CT molecular complexity index is 392. The number of piperidine rings is 1. The van der Waals surface area contributed by atoms with Crippen LogP contribution in [-0.4, -0.2) is 79.5 Å². The van der Waals surface area contributed by atoms with Crippen molar-refractivity contribution < 1.29 is 9.59 Å². The summed E-state index contributed by atoms with van der Waals surface area (Å²) in [5, 5.41) is 2.92. The maximum Gasteiger partial charge on any atom is 0.317 e. The van der Waals surface area contributed by atoms with Gasteiger partial charge in [0.25, 0.3) is 0 Å². The lowest BCUT2D eigenvalue weighted by Gasteiger charge is -2.36. The molecule has 2 rings (SSSR count). The van der Waals surface area contributed by atoms with Gasteiger partial charge in [-0.25, -0.2) is 4.79 Å². The van der Waals surface area contributed by atoms with Crippen molar-refractivity contribution in [3.63, 3.8) is 0 Å². The Labute approximate surface area is 140 Å². The molecule has 6 nitrogen and oxygen atoms in total. The van der Waals surface area contributed by atoms with Gasteiger partial charge in [-0.05, 0) is 39.8 Å². The number of rotatable bonds is 4. The standard InChI is InChI=1S/C17H32N4O2/c1-19(2)15-8-7-13-21(14-15)17(23)18-10-9-16(22)20-11-5-3-4-6-12-20/h15H,3-14H2,1-2H3,(H,18,23)/t15-/m1/s1. The number of carbonyl (C=O) groups excluding carboxylic acids is 2. The van der Waals surface area contributed by atoms with Crippen molar-refractivity contribution in [3.05, 3.63) is 0 Å². The maximum atomic E-state index is 12.3. The molecule has 2 fully saturated rings. The molecule has 1 atom stereocenters. The number of carbonyl (C=O) groups is 2. The van der Waals surface area contributed by atoms with Gasteiger partial charge in [0.2, 0.25) is 5.91 Å². The molecular weight excluding hydrogens is 292 g/mol. The second-order valence-electron chi connectivity index (χ2n) is 6.98. The Balaban J connectivity index is 1.68. The first kappa shape index (κ1) is 18.0. The largest absolute Gasteiger partial charge is 0.343 e. The first-order valence-electron chi connectivity index (χ1n) is 9.05. The van der Waals surface area contributed by atoms with E-state index in [-0.39, 0.29) is 11.9 Å². The molecule has 0 unspecified atom stereocenters. The van der Waals surface area contributed by atoms with E-state index in [4.69, 9.17) is 0 Å². The average Bonchev–Trinajstić information content (AvgIpc) is 2.84. The Morgan fingerprint density at radius 1 is 1.00 bits per heavy atom. The van der Waals surface area contributed by atoms with Gasteiger partial charge in [-0.1, -0.05) is 12.8 Å². The summed E-state index contributed by atoms with van der Waals surface area (Å²) in [6.07, 6.45) is 7.27. The molecule has 2 saturated heterocycles. The van der Waals surface area contributed by atoms with E-state index in [1.807, 2.05) is 9.80 Å². The number of likely N-dealkylation sites (N-methyl/N-ethyl adjacent to an activating group) is 1. The minimum Gasteiger partial charge on any atom is -0.343 e. The minimum absolute atomic E-state index is 0.0276. The molecule has 2 aliphatic rings. The fourth-order valence-electron chi connectivity index (χ4n) is 3.43. The molecule has 2 heterocycles. The third-order valence-corrected chi connectivity index (χ3v) is 4.99. The molecule has 0 spiro atoms. The fourth-order valence-corrected chi connectivity index (χ4v) is 3.43. The zero-order valence-corrected chi connectivity index (χ0v) is 14.7. The van der Waals surface area contributed by atoms with Crippen molar-refractivity contribution in [2.45, 2.75) is 51.0 Å². The molecule has 0 aromatic carbocycles. The van der Waals surface area contributed by atoms with E-state index in [1.165, 1.54) is 12.8 Å². The molecule has 0 aliphatic carbocycles. The zero-order chi connectivity index (χ0) is 16.7. The summed E-state index contributed by atoms with van der Waals surface area (Å²) in [7, 11) is 4.12. The third-order valence-electron chi connectivity index (χ3n) is 4.99. The van der Waals surface area contributed by atoms with E-state index in [0.29, 0.717) is 19.0 Å². The topological polar surface area (TPSA) is 55.9 Å². The predicted octanol–water partition coefficient (Wildman–Crippen LogP) is 1.51. The van der Waals surface area contributed by atoms with Gasteiger partial charge in [0.1, 0.15) is 0 Å². The highest BCUT2D eigenvalue weighted by molar-refractivity contribution is 5.78. The molecule has 6 heteroatoms. The minimum atomic E-state index is -0.0276. The van der Waals surface area contributed by atoms with Gasteiger partial charge in [-0.2, -0.15) is 0 Å². The van der Waals surface area contributed by atoms with Crippen LogP contribution in [0.1, 0.15) is 44.9 Å². The van der Waals surface area contributed by atoms with Crippen LogP contribution in [-0.2, 0) is 4.79 Å². The van der Waals surface area contributed by atoms with Crippen LogP contribution < -0.4 is 5.32 Å². The van der Waals surface area contributed by atoms with Crippen LogP contribution in [0.5, 0.6) is 0 Å². The number of likely N-dealkylation sites (tertiary alicyclic amines) is 2.